The lowest BCUT2D eigenvalue weighted by Crippen LogP contribution is -2.34. The molecule has 16 heterocycles. The van der Waals surface area contributed by atoms with Crippen LogP contribution in [0.2, 0.25) is 0 Å². The van der Waals surface area contributed by atoms with E-state index in [2.05, 4.69) is 81.2 Å². The largest absolute Gasteiger partial charge is 0.484 e. The van der Waals surface area contributed by atoms with E-state index in [4.69, 9.17) is 18.9 Å². The Kier molecular flexibility index (Phi) is 25.2. The molecule has 0 saturated carbocycles. The Labute approximate surface area is 737 Å². The summed E-state index contributed by atoms with van der Waals surface area (Å²) in [5.41, 5.74) is 10.6. The molecule has 8 aromatic heterocycles. The van der Waals surface area contributed by atoms with Gasteiger partial charge >= 0.3 is 0 Å². The predicted molar refractivity (Wildman–Crippen MR) is 477 cm³/mol. The molecule has 12 N–H and O–H groups in total. The van der Waals surface area contributed by atoms with Crippen molar-refractivity contribution in [2.45, 2.75) is 177 Å². The molecular weight excluding hydrogens is 1640 g/mol. The second-order valence-corrected chi connectivity index (χ2v) is 35.3. The van der Waals surface area contributed by atoms with Crippen molar-refractivity contribution in [1.29, 1.82) is 0 Å². The zero-order valence-electron chi connectivity index (χ0n) is 72.0. The van der Waals surface area contributed by atoms with Crippen molar-refractivity contribution in [1.82, 2.24) is 58.4 Å². The second kappa shape index (κ2) is 37.0. The number of hydrogen-bond acceptors (Lipinski definition) is 28. The Bertz CT molecular complexity index is 5380. The number of amides is 4. The minimum Gasteiger partial charge on any atom is -0.484 e. The SMILES string of the molecule is C[C@@]1(CO)Cc2cc(NC(=O)c3cnn4cccnc34)c(N3CCC[C@@H](O)CC3)cc2O1.C[C@@]1(CO)Cc2cc(NC(=O)c3cnn4cccnc34)c(N3CCC[C@H](O)CC3)cc2O1.C[C@]1(CO)Cc2cc(NC(=O)c3cnn4cccnc34)c(N3CCC[C@@H](O)CC3)cc2O1.C[C@]1(CO)Cc2cc(NC(=O)c3cnn4cccnc34)c(N3CCC[C@H](O)CC3)cc2O1. The van der Waals surface area contributed by atoms with Crippen LogP contribution in [-0.4, -0.2) is 248 Å². The minimum absolute atomic E-state index is 0.0946. The summed E-state index contributed by atoms with van der Waals surface area (Å²) in [4.78, 5) is 78.6. The molecule has 4 fully saturated rings. The van der Waals surface area contributed by atoms with Gasteiger partial charge in [-0.15, -0.1) is 0 Å². The van der Waals surface area contributed by atoms with E-state index in [1.54, 1.807) is 91.9 Å². The summed E-state index contributed by atoms with van der Waals surface area (Å²) < 4.78 is 30.5. The molecule has 4 amide bonds. The lowest BCUT2D eigenvalue weighted by molar-refractivity contribution is 0.0446. The molecule has 0 aliphatic carbocycles. The van der Waals surface area contributed by atoms with Gasteiger partial charge in [0.15, 0.2) is 22.6 Å². The van der Waals surface area contributed by atoms with Crippen molar-refractivity contribution in [2.24, 2.45) is 0 Å². The fourth-order valence-electron chi connectivity index (χ4n) is 18.0. The van der Waals surface area contributed by atoms with Crippen LogP contribution >= 0.6 is 0 Å². The van der Waals surface area contributed by atoms with Crippen LogP contribution in [0.3, 0.4) is 0 Å². The molecule has 0 spiro atoms. The molecule has 0 unspecified atom stereocenters. The van der Waals surface area contributed by atoms with Crippen LogP contribution in [0.1, 0.15) is 168 Å². The number of nitrogens with zero attached hydrogens (tertiary/aromatic N) is 16. The summed E-state index contributed by atoms with van der Waals surface area (Å²) in [6.07, 6.45) is 29.7. The minimum atomic E-state index is -0.677. The Balaban J connectivity index is 0.000000120. The number of fused-ring (bicyclic) bond motifs is 8. The number of aliphatic hydroxyl groups excluding tert-OH is 8. The van der Waals surface area contributed by atoms with Gasteiger partial charge in [-0.1, -0.05) is 0 Å². The van der Waals surface area contributed by atoms with Crippen molar-refractivity contribution in [2.75, 3.05) is 120 Å². The highest BCUT2D eigenvalue weighted by molar-refractivity contribution is 6.12. The van der Waals surface area contributed by atoms with Crippen molar-refractivity contribution in [3.8, 4) is 23.0 Å². The molecule has 20 rings (SSSR count). The quantitative estimate of drug-likeness (QED) is 0.0435. The first-order chi connectivity index (χ1) is 61.8. The van der Waals surface area contributed by atoms with Gasteiger partial charge in [-0.05, 0) is 153 Å². The number of anilines is 8. The predicted octanol–water partition coefficient (Wildman–Crippen LogP) is 8.07. The molecule has 8 aliphatic heterocycles. The molecule has 128 heavy (non-hydrogen) atoms. The molecule has 0 radical (unpaired) electrons. The summed E-state index contributed by atoms with van der Waals surface area (Å²) in [5.74, 6) is 1.71. The van der Waals surface area contributed by atoms with Crippen molar-refractivity contribution in [3.05, 3.63) is 192 Å². The molecule has 4 aromatic carbocycles. The molecule has 36 heteroatoms. The standard InChI is InChI=1S/4C23H27N5O4/c4*1-23(14-29)12-15-10-18(26-22(31)17-13-25-28-8-3-6-24-21(17)28)19(11-20(15)32-23)27-7-2-4-16(30)5-9-27/h4*3,6,8,10-11,13,16,29-30H,2,4-5,7,9,12,14H2,1H3,(H,26,31)/t2*16-,23+;2*16-,23-/m1010/s1. The van der Waals surface area contributed by atoms with Crippen LogP contribution < -0.4 is 59.8 Å². The molecule has 12 aromatic rings. The number of rotatable bonds is 16. The van der Waals surface area contributed by atoms with Gasteiger partial charge in [-0.2, -0.15) is 20.4 Å². The van der Waals surface area contributed by atoms with Gasteiger partial charge in [0.25, 0.3) is 23.6 Å². The highest BCUT2D eigenvalue weighted by Crippen LogP contribution is 2.48. The number of nitrogens with one attached hydrogen (secondary N) is 4. The van der Waals surface area contributed by atoms with E-state index in [0.717, 1.165) is 146 Å². The van der Waals surface area contributed by atoms with E-state index in [0.29, 0.717) is 145 Å². The first-order valence-corrected chi connectivity index (χ1v) is 43.8. The maximum atomic E-state index is 13.2. The van der Waals surface area contributed by atoms with Gasteiger partial charge in [0.2, 0.25) is 0 Å². The zero-order valence-corrected chi connectivity index (χ0v) is 72.0. The van der Waals surface area contributed by atoms with Crippen molar-refractivity contribution >= 4 is 91.7 Å². The third-order valence-corrected chi connectivity index (χ3v) is 25.0. The molecule has 4 saturated heterocycles. The lowest BCUT2D eigenvalue weighted by Gasteiger charge is -2.26. The number of ether oxygens (including phenoxy) is 4. The molecule has 36 nitrogen and oxygen atoms in total. The topological polar surface area (TPSA) is 449 Å². The second-order valence-electron chi connectivity index (χ2n) is 35.3. The third kappa shape index (κ3) is 18.9. The maximum absolute atomic E-state index is 13.2. The fraction of sp³-hybridized carbons (Fsp3) is 0.435. The summed E-state index contributed by atoms with van der Waals surface area (Å²) in [5, 5.41) is 108. The molecule has 8 aliphatic rings. The maximum Gasteiger partial charge on any atom is 0.261 e. The van der Waals surface area contributed by atoms with Crippen LogP contribution in [0, 0.1) is 0 Å². The molecule has 0 bridgehead atoms. The normalized spacial score (nSPS) is 23.0. The van der Waals surface area contributed by atoms with Crippen LogP contribution in [0.15, 0.2) is 147 Å². The average Bonchev–Trinajstić information content (AvgIpc) is 1.65. The van der Waals surface area contributed by atoms with Crippen LogP contribution in [0.25, 0.3) is 22.6 Å². The fourth-order valence-corrected chi connectivity index (χ4v) is 18.0. The Morgan fingerprint density at radius 1 is 0.336 bits per heavy atom. The van der Waals surface area contributed by atoms with Crippen LogP contribution in [-0.2, 0) is 25.7 Å². The average molecular weight is 1750 g/mol. The van der Waals surface area contributed by atoms with E-state index < -0.39 is 22.4 Å². The smallest absolute Gasteiger partial charge is 0.261 e. The number of carbonyl (C=O) groups excluding carboxylic acids is 4. The first-order valence-electron chi connectivity index (χ1n) is 43.8. The van der Waals surface area contributed by atoms with Crippen LogP contribution in [0.5, 0.6) is 23.0 Å². The van der Waals surface area contributed by atoms with Gasteiger partial charge < -0.3 is 101 Å². The zero-order chi connectivity index (χ0) is 89.2. The number of aliphatic hydroxyl groups is 8. The number of benzene rings is 4. The summed E-state index contributed by atoms with van der Waals surface area (Å²) in [6.45, 7) is 12.9. The third-order valence-electron chi connectivity index (χ3n) is 25.0. The van der Waals surface area contributed by atoms with Gasteiger partial charge in [0, 0.05) is 174 Å². The number of hydrogen-bond donors (Lipinski definition) is 12. The summed E-state index contributed by atoms with van der Waals surface area (Å²) in [6, 6.07) is 22.5. The lowest BCUT2D eigenvalue weighted by atomic mass is 9.99. The van der Waals surface area contributed by atoms with Crippen LogP contribution in [0.4, 0.5) is 45.5 Å². The number of carbonyl (C=O) groups is 4. The summed E-state index contributed by atoms with van der Waals surface area (Å²) in [7, 11) is 0. The van der Waals surface area contributed by atoms with E-state index >= 15 is 0 Å². The van der Waals surface area contributed by atoms with Gasteiger partial charge in [-0.3, -0.25) is 19.2 Å². The monoisotopic (exact) mass is 1750 g/mol. The Morgan fingerprint density at radius 2 is 0.555 bits per heavy atom. The first kappa shape index (κ1) is 87.4. The van der Waals surface area contributed by atoms with E-state index in [1.165, 1.54) is 24.8 Å². The Hall–Kier alpha value is -12.7. The van der Waals surface area contributed by atoms with Gasteiger partial charge in [-0.25, -0.2) is 38.0 Å². The molecule has 672 valence electrons. The van der Waals surface area contributed by atoms with Crippen molar-refractivity contribution < 1.29 is 79.0 Å². The van der Waals surface area contributed by atoms with Crippen molar-refractivity contribution in [3.63, 3.8) is 0 Å². The molecular formula is C92H108N20O16. The highest BCUT2D eigenvalue weighted by Gasteiger charge is 2.41. The van der Waals surface area contributed by atoms with E-state index in [9.17, 15) is 60.0 Å². The summed E-state index contributed by atoms with van der Waals surface area (Å²) >= 11 is 0. The van der Waals surface area contributed by atoms with E-state index in [-0.39, 0.29) is 74.5 Å². The van der Waals surface area contributed by atoms with Gasteiger partial charge in [0.1, 0.15) is 67.7 Å². The molecule has 8 atom stereocenters. The highest BCUT2D eigenvalue weighted by atomic mass is 16.5. The Morgan fingerprint density at radius 3 is 0.766 bits per heavy atom. The number of aromatic nitrogens is 12. The van der Waals surface area contributed by atoms with Gasteiger partial charge in [0.05, 0.1) is 121 Å². The van der Waals surface area contributed by atoms with E-state index in [1.807, 2.05) is 76.2 Å².